The molecule has 2 N–H and O–H groups in total. The van der Waals surface area contributed by atoms with Crippen molar-refractivity contribution >= 4 is 10.9 Å². The zero-order chi connectivity index (χ0) is 15.8. The third-order valence-electron chi connectivity index (χ3n) is 3.99. The van der Waals surface area contributed by atoms with E-state index in [1.54, 1.807) is 6.07 Å². The molecule has 2 rings (SSSR count). The van der Waals surface area contributed by atoms with E-state index in [2.05, 4.69) is 51.4 Å². The molecule has 0 aliphatic heterocycles. The number of nitrogens with one attached hydrogen (secondary N) is 1. The van der Waals surface area contributed by atoms with Crippen molar-refractivity contribution in [2.45, 2.75) is 59.0 Å². The van der Waals surface area contributed by atoms with Crippen LogP contribution in [0.1, 0.15) is 47.1 Å². The first-order valence-electron chi connectivity index (χ1n) is 7.66. The largest absolute Gasteiger partial charge is 0.507 e. The second kappa shape index (κ2) is 5.38. The predicted octanol–water partition coefficient (Wildman–Crippen LogP) is 4.32. The lowest BCUT2D eigenvalue weighted by Crippen LogP contribution is -2.53. The number of H-pyrrole nitrogens is 1. The molecule has 3 nitrogen and oxygen atoms in total. The monoisotopic (exact) mass is 288 g/mol. The predicted molar refractivity (Wildman–Crippen MR) is 89.9 cm³/mol. The number of aromatic nitrogens is 1. The van der Waals surface area contributed by atoms with Crippen molar-refractivity contribution in [2.75, 3.05) is 6.54 Å². The minimum atomic E-state index is 0.117. The van der Waals surface area contributed by atoms with E-state index in [1.807, 2.05) is 18.3 Å². The van der Waals surface area contributed by atoms with Crippen molar-refractivity contribution in [3.63, 3.8) is 0 Å². The number of phenols is 1. The Morgan fingerprint density at radius 3 is 2.24 bits per heavy atom. The molecule has 0 atom stereocenters. The smallest absolute Gasteiger partial charge is 0.125 e. The fourth-order valence-corrected chi connectivity index (χ4v) is 3.34. The Morgan fingerprint density at radius 1 is 1.05 bits per heavy atom. The summed E-state index contributed by atoms with van der Waals surface area (Å²) >= 11 is 0. The normalized spacial score (nSPS) is 13.3. The minimum absolute atomic E-state index is 0.117. The Morgan fingerprint density at radius 2 is 1.67 bits per heavy atom. The summed E-state index contributed by atoms with van der Waals surface area (Å²) in [6, 6.07) is 5.63. The van der Waals surface area contributed by atoms with Crippen LogP contribution < -0.4 is 0 Å². The van der Waals surface area contributed by atoms with Gasteiger partial charge in [0.15, 0.2) is 0 Å². The van der Waals surface area contributed by atoms with Gasteiger partial charge in [0.1, 0.15) is 5.75 Å². The molecule has 0 saturated carbocycles. The lowest BCUT2D eigenvalue weighted by atomic mass is 9.95. The first-order valence-corrected chi connectivity index (χ1v) is 7.66. The number of phenolic OH excluding ortho intramolecular Hbond substituents is 1. The van der Waals surface area contributed by atoms with Gasteiger partial charge in [0.25, 0.3) is 0 Å². The Balaban J connectivity index is 2.25. The van der Waals surface area contributed by atoms with Crippen molar-refractivity contribution in [3.05, 3.63) is 30.0 Å². The molecule has 0 unspecified atom stereocenters. The van der Waals surface area contributed by atoms with Gasteiger partial charge in [0.05, 0.1) is 0 Å². The highest BCUT2D eigenvalue weighted by atomic mass is 16.3. The molecule has 0 amide bonds. The maximum Gasteiger partial charge on any atom is 0.125 e. The Labute approximate surface area is 128 Å². The van der Waals surface area contributed by atoms with Crippen molar-refractivity contribution in [1.82, 2.24) is 9.88 Å². The standard InChI is InChI=1S/C18H28N2O/c1-17(2,3)20(18(4,5)6)11-10-13-12-19-14-8-7-9-15(21)16(13)14/h7-9,12,19,21H,10-11H2,1-6H3. The van der Waals surface area contributed by atoms with Crippen LogP contribution in [0.15, 0.2) is 24.4 Å². The van der Waals surface area contributed by atoms with E-state index in [1.165, 1.54) is 5.56 Å². The van der Waals surface area contributed by atoms with E-state index in [0.717, 1.165) is 23.9 Å². The van der Waals surface area contributed by atoms with E-state index >= 15 is 0 Å². The summed E-state index contributed by atoms with van der Waals surface area (Å²) in [6.45, 7) is 14.5. The third kappa shape index (κ3) is 3.41. The molecule has 21 heavy (non-hydrogen) atoms. The maximum atomic E-state index is 10.1. The number of hydrogen-bond donors (Lipinski definition) is 2. The summed E-state index contributed by atoms with van der Waals surface area (Å²) in [5.74, 6) is 0.363. The van der Waals surface area contributed by atoms with Crippen LogP contribution in [0.25, 0.3) is 10.9 Å². The van der Waals surface area contributed by atoms with Gasteiger partial charge in [-0.25, -0.2) is 0 Å². The fourth-order valence-electron chi connectivity index (χ4n) is 3.34. The van der Waals surface area contributed by atoms with Crippen LogP contribution in [0.3, 0.4) is 0 Å². The van der Waals surface area contributed by atoms with E-state index in [4.69, 9.17) is 0 Å². The van der Waals surface area contributed by atoms with Crippen LogP contribution in [0.2, 0.25) is 0 Å². The topological polar surface area (TPSA) is 39.3 Å². The Hall–Kier alpha value is -1.48. The summed E-state index contributed by atoms with van der Waals surface area (Å²) in [4.78, 5) is 5.76. The minimum Gasteiger partial charge on any atom is -0.507 e. The summed E-state index contributed by atoms with van der Waals surface area (Å²) in [6.07, 6.45) is 2.94. The zero-order valence-corrected chi connectivity index (χ0v) is 14.1. The molecule has 116 valence electrons. The van der Waals surface area contributed by atoms with Gasteiger partial charge in [-0.05, 0) is 65.7 Å². The van der Waals surface area contributed by atoms with Crippen molar-refractivity contribution in [1.29, 1.82) is 0 Å². The lowest BCUT2D eigenvalue weighted by Gasteiger charge is -2.45. The molecule has 0 spiro atoms. The SMILES string of the molecule is CC(C)(C)N(CCc1c[nH]c2cccc(O)c12)C(C)(C)C. The van der Waals surface area contributed by atoms with Crippen LogP contribution in [0.4, 0.5) is 0 Å². The van der Waals surface area contributed by atoms with Crippen LogP contribution in [-0.2, 0) is 6.42 Å². The number of aromatic amines is 1. The quantitative estimate of drug-likeness (QED) is 0.883. The first-order chi connectivity index (χ1) is 9.60. The number of fused-ring (bicyclic) bond motifs is 1. The van der Waals surface area contributed by atoms with E-state index in [-0.39, 0.29) is 11.1 Å². The molecule has 0 fully saturated rings. The third-order valence-corrected chi connectivity index (χ3v) is 3.99. The zero-order valence-electron chi connectivity index (χ0n) is 14.1. The van der Waals surface area contributed by atoms with E-state index in [0.29, 0.717) is 5.75 Å². The first kappa shape index (κ1) is 15.9. The molecule has 0 bridgehead atoms. The molecular formula is C18H28N2O. The van der Waals surface area contributed by atoms with Gasteiger partial charge in [0.2, 0.25) is 0 Å². The van der Waals surface area contributed by atoms with Gasteiger partial charge in [-0.15, -0.1) is 0 Å². The number of rotatable bonds is 3. The molecule has 3 heteroatoms. The van der Waals surface area contributed by atoms with Gasteiger partial charge in [-0.3, -0.25) is 4.90 Å². The summed E-state index contributed by atoms with van der Waals surface area (Å²) in [5, 5.41) is 11.1. The van der Waals surface area contributed by atoms with Crippen LogP contribution in [-0.4, -0.2) is 32.6 Å². The molecule has 1 heterocycles. The average Bonchev–Trinajstić information content (AvgIpc) is 2.70. The highest BCUT2D eigenvalue weighted by Gasteiger charge is 2.31. The number of hydrogen-bond acceptors (Lipinski definition) is 2. The maximum absolute atomic E-state index is 10.1. The Kier molecular flexibility index (Phi) is 4.07. The molecule has 0 aliphatic rings. The van der Waals surface area contributed by atoms with Gasteiger partial charge < -0.3 is 10.1 Å². The second-order valence-corrected chi connectivity index (χ2v) is 7.76. The van der Waals surface area contributed by atoms with Crippen molar-refractivity contribution < 1.29 is 5.11 Å². The van der Waals surface area contributed by atoms with E-state index in [9.17, 15) is 5.11 Å². The van der Waals surface area contributed by atoms with E-state index < -0.39 is 0 Å². The molecule has 0 aliphatic carbocycles. The molecule has 0 radical (unpaired) electrons. The van der Waals surface area contributed by atoms with Crippen LogP contribution in [0.5, 0.6) is 5.75 Å². The van der Waals surface area contributed by atoms with Crippen molar-refractivity contribution in [3.8, 4) is 5.75 Å². The molecule has 0 saturated heterocycles. The van der Waals surface area contributed by atoms with Crippen LogP contribution >= 0.6 is 0 Å². The molecule has 1 aromatic heterocycles. The molecule has 2 aromatic rings. The van der Waals surface area contributed by atoms with Gasteiger partial charge >= 0.3 is 0 Å². The van der Waals surface area contributed by atoms with Crippen LogP contribution in [0, 0.1) is 0 Å². The summed E-state index contributed by atoms with van der Waals surface area (Å²) in [5.41, 5.74) is 2.42. The number of benzene rings is 1. The number of nitrogens with zero attached hydrogens (tertiary/aromatic N) is 1. The molecule has 1 aromatic carbocycles. The fraction of sp³-hybridized carbons (Fsp3) is 0.556. The highest BCUT2D eigenvalue weighted by Crippen LogP contribution is 2.30. The summed E-state index contributed by atoms with van der Waals surface area (Å²) in [7, 11) is 0. The average molecular weight is 288 g/mol. The number of aromatic hydroxyl groups is 1. The van der Waals surface area contributed by atoms with Gasteiger partial charge in [-0.2, -0.15) is 0 Å². The summed E-state index contributed by atoms with van der Waals surface area (Å²) < 4.78 is 0. The Bertz CT molecular complexity index is 600. The van der Waals surface area contributed by atoms with Gasteiger partial charge in [-0.1, -0.05) is 6.07 Å². The van der Waals surface area contributed by atoms with Gasteiger partial charge in [0, 0.05) is 34.7 Å². The molecular weight excluding hydrogens is 260 g/mol. The van der Waals surface area contributed by atoms with Crippen molar-refractivity contribution in [2.24, 2.45) is 0 Å². The highest BCUT2D eigenvalue weighted by molar-refractivity contribution is 5.88. The lowest BCUT2D eigenvalue weighted by molar-refractivity contribution is 0.0399. The second-order valence-electron chi connectivity index (χ2n) is 7.76.